The normalized spacial score (nSPS) is 15.5. The first kappa shape index (κ1) is 21.1. The molecule has 16 heteroatoms. The summed E-state index contributed by atoms with van der Waals surface area (Å²) in [6.45, 7) is -3.03. The van der Waals surface area contributed by atoms with Crippen LogP contribution in [0.4, 0.5) is 43.9 Å². The monoisotopic (exact) mass is 378 g/mol. The van der Waals surface area contributed by atoms with E-state index in [1.165, 1.54) is 0 Å². The van der Waals surface area contributed by atoms with E-state index in [1.807, 2.05) is 0 Å². The summed E-state index contributed by atoms with van der Waals surface area (Å²) < 4.78 is 154. The summed E-state index contributed by atoms with van der Waals surface area (Å²) in [7, 11) is -6.40. The Morgan fingerprint density at radius 1 is 0.864 bits per heavy atom. The molecule has 0 radical (unpaired) electrons. The fraction of sp³-hybridized carbons (Fsp3) is 1.00. The van der Waals surface area contributed by atoms with Crippen LogP contribution in [-0.2, 0) is 19.6 Å². The average Bonchev–Trinajstić information content (AvgIpc) is 2.19. The Labute approximate surface area is 114 Å². The van der Waals surface area contributed by atoms with Crippen LogP contribution >= 0.6 is 0 Å². The van der Waals surface area contributed by atoms with E-state index in [2.05, 4.69) is 9.47 Å². The molecule has 0 aromatic rings. The lowest BCUT2D eigenvalue weighted by Crippen LogP contribution is -2.50. The molecule has 0 heterocycles. The van der Waals surface area contributed by atoms with Gasteiger partial charge in [-0.05, 0) is 0 Å². The highest BCUT2D eigenvalue weighted by molar-refractivity contribution is 7.86. The zero-order valence-electron chi connectivity index (χ0n) is 9.55. The maximum Gasteiger partial charge on any atom is 0.488 e. The number of rotatable bonds is 6. The minimum absolute atomic E-state index is 2.36. The summed E-state index contributed by atoms with van der Waals surface area (Å²) in [5, 5.41) is 0. The van der Waals surface area contributed by atoms with Crippen molar-refractivity contribution in [2.75, 3.05) is 6.61 Å². The van der Waals surface area contributed by atoms with Crippen LogP contribution in [0.25, 0.3) is 0 Å². The molecular weight excluding hydrogens is 374 g/mol. The molecule has 1 N–H and O–H groups in total. The van der Waals surface area contributed by atoms with Gasteiger partial charge >= 0.3 is 34.0 Å². The standard InChI is InChI=1S/C6H4F10O5S/c7-3(8,1-20-6(15,16)22(17,18)19)21-2(4(9,10)11)5(12,13)14/h2H,1H2,(H,17,18,19). The molecule has 0 amide bonds. The molecule has 0 atom stereocenters. The van der Waals surface area contributed by atoms with Gasteiger partial charge in [-0.3, -0.25) is 14.0 Å². The third-order valence-corrected chi connectivity index (χ3v) is 2.31. The van der Waals surface area contributed by atoms with Crippen LogP contribution in [0.15, 0.2) is 0 Å². The molecule has 0 aromatic carbocycles. The van der Waals surface area contributed by atoms with Gasteiger partial charge in [0.05, 0.1) is 0 Å². The SMILES string of the molecule is O=S(=O)(O)C(F)(F)OCC(F)(F)OC(C(F)(F)F)C(F)(F)F. The van der Waals surface area contributed by atoms with Gasteiger partial charge in [-0.15, -0.1) is 0 Å². The second-order valence-corrected chi connectivity index (χ2v) is 4.87. The molecule has 0 aromatic heterocycles. The van der Waals surface area contributed by atoms with Crippen LogP contribution in [-0.4, -0.2) is 49.6 Å². The first-order valence-electron chi connectivity index (χ1n) is 4.47. The zero-order valence-corrected chi connectivity index (χ0v) is 10.4. The van der Waals surface area contributed by atoms with Gasteiger partial charge < -0.3 is 0 Å². The van der Waals surface area contributed by atoms with Crippen molar-refractivity contribution in [3.8, 4) is 0 Å². The predicted molar refractivity (Wildman–Crippen MR) is 44.4 cm³/mol. The van der Waals surface area contributed by atoms with Crippen molar-refractivity contribution >= 4 is 10.1 Å². The van der Waals surface area contributed by atoms with Crippen molar-refractivity contribution in [2.45, 2.75) is 30.0 Å². The van der Waals surface area contributed by atoms with Crippen molar-refractivity contribution in [1.82, 2.24) is 0 Å². The highest BCUT2D eigenvalue weighted by Gasteiger charge is 2.62. The number of halogens is 10. The van der Waals surface area contributed by atoms with Gasteiger partial charge in [-0.2, -0.15) is 52.3 Å². The van der Waals surface area contributed by atoms with Crippen molar-refractivity contribution in [2.24, 2.45) is 0 Å². The Morgan fingerprint density at radius 3 is 1.50 bits per heavy atom. The quantitative estimate of drug-likeness (QED) is 0.568. The number of ether oxygens (including phenoxy) is 2. The van der Waals surface area contributed by atoms with Crippen molar-refractivity contribution in [3.63, 3.8) is 0 Å². The third kappa shape index (κ3) is 6.09. The van der Waals surface area contributed by atoms with Crippen LogP contribution < -0.4 is 0 Å². The Kier molecular flexibility index (Phi) is 5.73. The van der Waals surface area contributed by atoms with E-state index < -0.39 is 46.7 Å². The van der Waals surface area contributed by atoms with E-state index >= 15 is 0 Å². The molecule has 5 nitrogen and oxygen atoms in total. The summed E-state index contributed by atoms with van der Waals surface area (Å²) in [5.41, 5.74) is -5.70. The molecule has 0 saturated carbocycles. The van der Waals surface area contributed by atoms with E-state index in [4.69, 9.17) is 4.55 Å². The molecule has 0 saturated heterocycles. The Hall–Kier alpha value is -0.870. The van der Waals surface area contributed by atoms with Crippen LogP contribution in [0.3, 0.4) is 0 Å². The second kappa shape index (κ2) is 5.97. The molecule has 22 heavy (non-hydrogen) atoms. The van der Waals surface area contributed by atoms with Gasteiger partial charge in [0.15, 0.2) is 0 Å². The summed E-state index contributed by atoms with van der Waals surface area (Å²) >= 11 is 0. The minimum atomic E-state index is -6.40. The topological polar surface area (TPSA) is 72.8 Å². The Morgan fingerprint density at radius 2 is 1.23 bits per heavy atom. The molecule has 0 rings (SSSR count). The number of hydrogen-bond acceptors (Lipinski definition) is 4. The van der Waals surface area contributed by atoms with Crippen LogP contribution in [0.5, 0.6) is 0 Å². The van der Waals surface area contributed by atoms with Crippen molar-refractivity contribution in [3.05, 3.63) is 0 Å². The Balaban J connectivity index is 5.11. The first-order chi connectivity index (χ1) is 9.30. The number of alkyl halides is 10. The van der Waals surface area contributed by atoms with E-state index in [0.29, 0.717) is 0 Å². The van der Waals surface area contributed by atoms with Gasteiger partial charge in [0.1, 0.15) is 6.61 Å². The average molecular weight is 378 g/mol. The van der Waals surface area contributed by atoms with Gasteiger partial charge in [0, 0.05) is 0 Å². The van der Waals surface area contributed by atoms with Crippen molar-refractivity contribution < 1.29 is 66.3 Å². The lowest BCUT2D eigenvalue weighted by atomic mass is 10.3. The molecule has 0 spiro atoms. The van der Waals surface area contributed by atoms with Crippen molar-refractivity contribution in [1.29, 1.82) is 0 Å². The molecule has 0 aliphatic carbocycles. The maximum absolute atomic E-state index is 12.7. The van der Waals surface area contributed by atoms with Crippen LogP contribution in [0.2, 0.25) is 0 Å². The van der Waals surface area contributed by atoms with E-state index in [0.717, 1.165) is 0 Å². The lowest BCUT2D eigenvalue weighted by Gasteiger charge is -2.27. The first-order valence-corrected chi connectivity index (χ1v) is 5.91. The van der Waals surface area contributed by atoms with Crippen LogP contribution in [0, 0.1) is 0 Å². The highest BCUT2D eigenvalue weighted by atomic mass is 32.2. The lowest BCUT2D eigenvalue weighted by molar-refractivity contribution is -0.400. The fourth-order valence-corrected chi connectivity index (χ4v) is 0.976. The van der Waals surface area contributed by atoms with Gasteiger partial charge in [-0.1, -0.05) is 0 Å². The third-order valence-electron chi connectivity index (χ3n) is 1.59. The predicted octanol–water partition coefficient (Wildman–Crippen LogP) is 2.54. The molecule has 0 aliphatic rings. The summed E-state index contributed by atoms with van der Waals surface area (Å²) in [6, 6.07) is 0. The molecule has 0 unspecified atom stereocenters. The minimum Gasteiger partial charge on any atom is -0.296 e. The van der Waals surface area contributed by atoms with Gasteiger partial charge in [0.25, 0.3) is 6.10 Å². The maximum atomic E-state index is 12.7. The van der Waals surface area contributed by atoms with E-state index in [1.54, 1.807) is 0 Å². The molecule has 134 valence electrons. The fourth-order valence-electron chi connectivity index (χ4n) is 0.768. The molecular formula is C6H4F10O5S. The van der Waals surface area contributed by atoms with Crippen LogP contribution in [0.1, 0.15) is 0 Å². The largest absolute Gasteiger partial charge is 0.488 e. The molecule has 0 bridgehead atoms. The van der Waals surface area contributed by atoms with E-state index in [-0.39, 0.29) is 0 Å². The van der Waals surface area contributed by atoms with Gasteiger partial charge in [0.2, 0.25) is 0 Å². The summed E-state index contributed by atoms with van der Waals surface area (Å²) in [4.78, 5) is 0. The van der Waals surface area contributed by atoms with E-state index in [9.17, 15) is 52.3 Å². The Bertz CT molecular complexity index is 465. The highest BCUT2D eigenvalue weighted by Crippen LogP contribution is 2.39. The number of hydrogen-bond donors (Lipinski definition) is 1. The summed E-state index contributed by atoms with van der Waals surface area (Å²) in [6.07, 6.45) is -23.4. The summed E-state index contributed by atoms with van der Waals surface area (Å²) in [5.74, 6) is 0. The smallest absolute Gasteiger partial charge is 0.296 e. The zero-order chi connectivity index (χ0) is 18.2. The van der Waals surface area contributed by atoms with Gasteiger partial charge in [-0.25, -0.2) is 0 Å². The second-order valence-electron chi connectivity index (χ2n) is 3.45. The molecule has 0 fully saturated rings. The molecule has 0 aliphatic heterocycles.